The Morgan fingerprint density at radius 3 is 2.69 bits per heavy atom. The van der Waals surface area contributed by atoms with Gasteiger partial charge in [0.05, 0.1) is 0 Å². The number of terminal acetylenes is 1. The highest BCUT2D eigenvalue weighted by molar-refractivity contribution is 5.21. The molecule has 1 aromatic rings. The van der Waals surface area contributed by atoms with E-state index < -0.39 is 0 Å². The molecule has 0 fully saturated rings. The lowest BCUT2D eigenvalue weighted by Gasteiger charge is -2.21. The van der Waals surface area contributed by atoms with Crippen molar-refractivity contribution in [1.82, 2.24) is 5.32 Å². The molecule has 1 nitrogen and oxygen atoms in total. The van der Waals surface area contributed by atoms with Crippen LogP contribution in [0.1, 0.15) is 38.3 Å². The van der Waals surface area contributed by atoms with E-state index in [4.69, 9.17) is 6.42 Å². The molecule has 0 aliphatic carbocycles. The summed E-state index contributed by atoms with van der Waals surface area (Å²) in [6, 6.07) is 7.11. The molecule has 1 aromatic carbocycles. The van der Waals surface area contributed by atoms with Crippen LogP contribution in [0.4, 0.5) is 4.39 Å². The predicted octanol–water partition coefficient (Wildman–Crippen LogP) is 3.28. The summed E-state index contributed by atoms with van der Waals surface area (Å²) in [5.74, 6) is 2.45. The quantitative estimate of drug-likeness (QED) is 0.749. The van der Waals surface area contributed by atoms with E-state index in [1.807, 2.05) is 26.0 Å². The fourth-order valence-electron chi connectivity index (χ4n) is 1.76. The van der Waals surface area contributed by atoms with E-state index in [2.05, 4.69) is 11.2 Å². The number of hydrogen-bond donors (Lipinski definition) is 1. The third-order valence-electron chi connectivity index (χ3n) is 2.60. The first kappa shape index (κ1) is 12.7. The van der Waals surface area contributed by atoms with Crippen LogP contribution >= 0.6 is 0 Å². The standard InChI is InChI=1S/C14H18FN/c1-4-8-11(3)16-14(5-2)12-9-6-7-10-13(12)15/h1,6-7,9-11,14,16H,5,8H2,2-3H3. The zero-order valence-corrected chi connectivity index (χ0v) is 9.83. The monoisotopic (exact) mass is 219 g/mol. The van der Waals surface area contributed by atoms with Gasteiger partial charge in [0.25, 0.3) is 0 Å². The number of nitrogens with one attached hydrogen (secondary N) is 1. The third kappa shape index (κ3) is 3.36. The van der Waals surface area contributed by atoms with Crippen molar-refractivity contribution >= 4 is 0 Å². The second-order valence-electron chi connectivity index (χ2n) is 3.96. The molecular formula is C14H18FN. The van der Waals surface area contributed by atoms with Gasteiger partial charge in [0, 0.05) is 24.1 Å². The summed E-state index contributed by atoms with van der Waals surface area (Å²) in [6.45, 7) is 4.05. The van der Waals surface area contributed by atoms with Crippen LogP contribution in [0.15, 0.2) is 24.3 Å². The maximum absolute atomic E-state index is 13.6. The molecule has 1 rings (SSSR count). The molecule has 2 heteroatoms. The van der Waals surface area contributed by atoms with Crippen molar-refractivity contribution in [2.24, 2.45) is 0 Å². The van der Waals surface area contributed by atoms with Gasteiger partial charge in [-0.2, -0.15) is 0 Å². The van der Waals surface area contributed by atoms with Crippen molar-refractivity contribution < 1.29 is 4.39 Å². The summed E-state index contributed by atoms with van der Waals surface area (Å²) in [5, 5.41) is 3.34. The molecule has 86 valence electrons. The minimum Gasteiger partial charge on any atom is -0.306 e. The van der Waals surface area contributed by atoms with Gasteiger partial charge in [-0.05, 0) is 19.4 Å². The highest BCUT2D eigenvalue weighted by Crippen LogP contribution is 2.20. The molecule has 2 atom stereocenters. The van der Waals surface area contributed by atoms with Gasteiger partial charge in [0.2, 0.25) is 0 Å². The van der Waals surface area contributed by atoms with E-state index in [0.717, 1.165) is 6.42 Å². The Morgan fingerprint density at radius 1 is 1.44 bits per heavy atom. The lowest BCUT2D eigenvalue weighted by atomic mass is 10.0. The first-order chi connectivity index (χ1) is 7.69. The summed E-state index contributed by atoms with van der Waals surface area (Å²) in [5.41, 5.74) is 0.717. The maximum Gasteiger partial charge on any atom is 0.127 e. The summed E-state index contributed by atoms with van der Waals surface area (Å²) in [6.07, 6.45) is 6.75. The molecular weight excluding hydrogens is 201 g/mol. The summed E-state index contributed by atoms with van der Waals surface area (Å²) < 4.78 is 13.6. The van der Waals surface area contributed by atoms with Gasteiger partial charge in [-0.15, -0.1) is 12.3 Å². The van der Waals surface area contributed by atoms with Gasteiger partial charge in [0.15, 0.2) is 0 Å². The number of benzene rings is 1. The van der Waals surface area contributed by atoms with Crippen molar-refractivity contribution in [3.8, 4) is 12.3 Å². The van der Waals surface area contributed by atoms with E-state index in [0.29, 0.717) is 12.0 Å². The highest BCUT2D eigenvalue weighted by Gasteiger charge is 2.14. The normalized spacial score (nSPS) is 14.1. The molecule has 0 saturated carbocycles. The van der Waals surface area contributed by atoms with Gasteiger partial charge < -0.3 is 5.32 Å². The lowest BCUT2D eigenvalue weighted by Crippen LogP contribution is -2.30. The Hall–Kier alpha value is -1.33. The second-order valence-corrected chi connectivity index (χ2v) is 3.96. The Kier molecular flexibility index (Phi) is 5.01. The Morgan fingerprint density at radius 2 is 2.12 bits per heavy atom. The molecule has 16 heavy (non-hydrogen) atoms. The number of halogens is 1. The topological polar surface area (TPSA) is 12.0 Å². The zero-order valence-electron chi connectivity index (χ0n) is 9.83. The molecule has 0 radical (unpaired) electrons. The van der Waals surface area contributed by atoms with Crippen LogP contribution in [0.3, 0.4) is 0 Å². The summed E-state index contributed by atoms with van der Waals surface area (Å²) in [7, 11) is 0. The van der Waals surface area contributed by atoms with E-state index in [1.54, 1.807) is 6.07 Å². The van der Waals surface area contributed by atoms with Gasteiger partial charge in [-0.1, -0.05) is 25.1 Å². The summed E-state index contributed by atoms with van der Waals surface area (Å²) >= 11 is 0. The molecule has 0 aliphatic heterocycles. The number of hydrogen-bond acceptors (Lipinski definition) is 1. The minimum absolute atomic E-state index is 0.0320. The predicted molar refractivity (Wildman–Crippen MR) is 65.5 cm³/mol. The molecule has 0 bridgehead atoms. The SMILES string of the molecule is C#CCC(C)NC(CC)c1ccccc1F. The Labute approximate surface area is 97.1 Å². The molecule has 0 aromatic heterocycles. The zero-order chi connectivity index (χ0) is 12.0. The van der Waals surface area contributed by atoms with E-state index in [1.165, 1.54) is 6.07 Å². The fraction of sp³-hybridized carbons (Fsp3) is 0.429. The van der Waals surface area contributed by atoms with Crippen molar-refractivity contribution in [1.29, 1.82) is 0 Å². The Balaban J connectivity index is 2.76. The minimum atomic E-state index is -0.158. The van der Waals surface area contributed by atoms with Crippen LogP contribution < -0.4 is 5.32 Å². The average Bonchev–Trinajstić information content (AvgIpc) is 2.27. The van der Waals surface area contributed by atoms with Crippen molar-refractivity contribution in [2.45, 2.75) is 38.8 Å². The fourth-order valence-corrected chi connectivity index (χ4v) is 1.76. The van der Waals surface area contributed by atoms with Gasteiger partial charge in [-0.25, -0.2) is 4.39 Å². The summed E-state index contributed by atoms with van der Waals surface area (Å²) in [4.78, 5) is 0. The number of rotatable bonds is 5. The van der Waals surface area contributed by atoms with Crippen LogP contribution in [0, 0.1) is 18.2 Å². The highest BCUT2D eigenvalue weighted by atomic mass is 19.1. The van der Waals surface area contributed by atoms with E-state index in [9.17, 15) is 4.39 Å². The smallest absolute Gasteiger partial charge is 0.127 e. The molecule has 2 unspecified atom stereocenters. The molecule has 0 amide bonds. The van der Waals surface area contributed by atoms with E-state index >= 15 is 0 Å². The maximum atomic E-state index is 13.6. The van der Waals surface area contributed by atoms with Crippen LogP contribution in [0.2, 0.25) is 0 Å². The first-order valence-electron chi connectivity index (χ1n) is 5.63. The van der Waals surface area contributed by atoms with Gasteiger partial charge in [0.1, 0.15) is 5.82 Å². The second kappa shape index (κ2) is 6.30. The molecule has 0 spiro atoms. The van der Waals surface area contributed by atoms with Gasteiger partial charge >= 0.3 is 0 Å². The van der Waals surface area contributed by atoms with Crippen molar-refractivity contribution in [3.63, 3.8) is 0 Å². The van der Waals surface area contributed by atoms with Crippen LogP contribution in [0.25, 0.3) is 0 Å². The molecule has 0 heterocycles. The Bertz CT molecular complexity index is 367. The molecule has 0 saturated heterocycles. The van der Waals surface area contributed by atoms with Crippen LogP contribution in [0.5, 0.6) is 0 Å². The van der Waals surface area contributed by atoms with Crippen LogP contribution in [-0.4, -0.2) is 6.04 Å². The molecule has 0 aliphatic rings. The third-order valence-corrected chi connectivity index (χ3v) is 2.60. The average molecular weight is 219 g/mol. The van der Waals surface area contributed by atoms with E-state index in [-0.39, 0.29) is 17.9 Å². The molecule has 1 N–H and O–H groups in total. The van der Waals surface area contributed by atoms with Gasteiger partial charge in [-0.3, -0.25) is 0 Å². The largest absolute Gasteiger partial charge is 0.306 e. The van der Waals surface area contributed by atoms with Crippen molar-refractivity contribution in [2.75, 3.05) is 0 Å². The van der Waals surface area contributed by atoms with Crippen molar-refractivity contribution in [3.05, 3.63) is 35.6 Å². The van der Waals surface area contributed by atoms with Crippen LogP contribution in [-0.2, 0) is 0 Å². The first-order valence-corrected chi connectivity index (χ1v) is 5.63. The lowest BCUT2D eigenvalue weighted by molar-refractivity contribution is 0.435.